The lowest BCUT2D eigenvalue weighted by molar-refractivity contribution is -0.883. The molecule has 0 radical (unpaired) electrons. The van der Waals surface area contributed by atoms with Crippen LogP contribution in [-0.2, 0) is 28.7 Å². The zero-order valence-electron chi connectivity index (χ0n) is 34.2. The molecule has 0 aliphatic carbocycles. The van der Waals surface area contributed by atoms with Gasteiger partial charge >= 0.3 is 11.9 Å². The number of likely N-dealkylation sites (N-methyl/N-ethyl adjacent to an activating group) is 2. The lowest BCUT2D eigenvalue weighted by atomic mass is 9.86. The van der Waals surface area contributed by atoms with Crippen LogP contribution in [0, 0.1) is 5.92 Å². The van der Waals surface area contributed by atoms with Crippen molar-refractivity contribution in [3.8, 4) is 0 Å². The van der Waals surface area contributed by atoms with E-state index in [1.54, 1.807) is 0 Å². The van der Waals surface area contributed by atoms with Crippen LogP contribution in [0.15, 0.2) is 12.2 Å². The topological polar surface area (TPSA) is 111 Å². The van der Waals surface area contributed by atoms with Crippen molar-refractivity contribution < 1.29 is 37.6 Å². The molecule has 10 heteroatoms. The molecule has 0 aromatic rings. The summed E-state index contributed by atoms with van der Waals surface area (Å²) in [5.41, 5.74) is 1.36. The minimum absolute atomic E-state index is 0.104. The molecule has 0 saturated heterocycles. The first-order chi connectivity index (χ1) is 24.2. The van der Waals surface area contributed by atoms with Crippen molar-refractivity contribution >= 4 is 23.8 Å². The fourth-order valence-corrected chi connectivity index (χ4v) is 6.58. The van der Waals surface area contributed by atoms with Gasteiger partial charge < -0.3 is 29.1 Å². The zero-order chi connectivity index (χ0) is 38.4. The minimum Gasteiger partial charge on any atom is -0.465 e. The monoisotopic (exact) mass is 725 g/mol. The fraction of sp³-hybridized carbons (Fsp3) is 0.854. The van der Waals surface area contributed by atoms with Crippen LogP contribution in [0.1, 0.15) is 142 Å². The third kappa shape index (κ3) is 29.8. The van der Waals surface area contributed by atoms with Crippen LogP contribution in [0.4, 0.5) is 0 Å². The highest BCUT2D eigenvalue weighted by atomic mass is 16.5. The molecule has 0 aliphatic heterocycles. The van der Waals surface area contributed by atoms with E-state index < -0.39 is 0 Å². The number of esters is 2. The molecule has 0 saturated carbocycles. The lowest BCUT2D eigenvalue weighted by Crippen LogP contribution is -2.45. The van der Waals surface area contributed by atoms with Gasteiger partial charge in [-0.15, -0.1) is 0 Å². The van der Waals surface area contributed by atoms with Crippen LogP contribution in [0.5, 0.6) is 0 Å². The fourth-order valence-electron chi connectivity index (χ4n) is 6.58. The highest BCUT2D eigenvalue weighted by molar-refractivity contribution is 5.76. The van der Waals surface area contributed by atoms with Crippen LogP contribution in [0.25, 0.3) is 0 Å². The summed E-state index contributed by atoms with van der Waals surface area (Å²) in [7, 11) is 10.8. The smallest absolute Gasteiger partial charge is 0.361 e. The summed E-state index contributed by atoms with van der Waals surface area (Å²) in [6.07, 6.45) is 22.8. The number of unbranched alkanes of at least 4 members (excludes halogenated alkanes) is 11. The average Bonchev–Trinajstić information content (AvgIpc) is 3.07. The van der Waals surface area contributed by atoms with Crippen molar-refractivity contribution in [2.45, 2.75) is 142 Å². The standard InChI is InChI=1S/C41H78N4O6/c1-9-10-11-12-13-14-15-19-26-37(27-20-17-22-29-39(47)43-31-24-33-45(5,6)35-41(49)51-8)36(2)25-18-16-21-28-38(46)42-30-23-32-44(3,4)34-40(48)50-7/h37H,2,9-35H2,1,3-8H3/p+2. The number of nitrogens with zero attached hydrogens (tertiary/aromatic N) is 2. The molecule has 0 fully saturated rings. The van der Waals surface area contributed by atoms with Gasteiger partial charge in [-0.25, -0.2) is 9.59 Å². The van der Waals surface area contributed by atoms with Gasteiger partial charge in [0.05, 0.1) is 55.5 Å². The average molecular weight is 725 g/mol. The van der Waals surface area contributed by atoms with Crippen LogP contribution in [0.2, 0.25) is 0 Å². The van der Waals surface area contributed by atoms with E-state index in [4.69, 9.17) is 9.47 Å². The zero-order valence-corrected chi connectivity index (χ0v) is 34.2. The summed E-state index contributed by atoms with van der Waals surface area (Å²) in [5.74, 6) is 0.320. The van der Waals surface area contributed by atoms with Gasteiger partial charge in [0.2, 0.25) is 11.8 Å². The molecule has 2 amide bonds. The maximum atomic E-state index is 12.4. The number of hydrogen-bond donors (Lipinski definition) is 2. The quantitative estimate of drug-likeness (QED) is 0.0317. The molecular formula is C41H80N4O6+2. The minimum atomic E-state index is -0.217. The summed E-state index contributed by atoms with van der Waals surface area (Å²) in [5, 5.41) is 6.07. The highest BCUT2D eigenvalue weighted by Crippen LogP contribution is 2.28. The number of carbonyl (C=O) groups is 4. The number of amides is 2. The molecule has 0 aromatic heterocycles. The molecule has 0 aliphatic rings. The predicted octanol–water partition coefficient (Wildman–Crippen LogP) is 7.10. The van der Waals surface area contributed by atoms with E-state index in [0.717, 1.165) is 77.3 Å². The Labute approximate surface area is 313 Å². The first-order valence-corrected chi connectivity index (χ1v) is 20.2. The number of carbonyl (C=O) groups excluding carboxylic acids is 4. The molecular weight excluding hydrogens is 644 g/mol. The summed E-state index contributed by atoms with van der Waals surface area (Å²) in [6, 6.07) is 0. The number of rotatable bonds is 34. The second-order valence-corrected chi connectivity index (χ2v) is 16.0. The molecule has 1 atom stereocenters. The van der Waals surface area contributed by atoms with E-state index in [1.807, 2.05) is 28.2 Å². The first-order valence-electron chi connectivity index (χ1n) is 20.2. The summed E-state index contributed by atoms with van der Waals surface area (Å²) >= 11 is 0. The molecule has 10 nitrogen and oxygen atoms in total. The largest absolute Gasteiger partial charge is 0.465 e. The Morgan fingerprint density at radius 1 is 0.549 bits per heavy atom. The van der Waals surface area contributed by atoms with E-state index in [-0.39, 0.29) is 23.8 Å². The van der Waals surface area contributed by atoms with E-state index in [9.17, 15) is 19.2 Å². The molecule has 0 aromatic carbocycles. The van der Waals surface area contributed by atoms with Crippen LogP contribution >= 0.6 is 0 Å². The maximum Gasteiger partial charge on any atom is 0.361 e. The van der Waals surface area contributed by atoms with Crippen molar-refractivity contribution in [1.82, 2.24) is 10.6 Å². The van der Waals surface area contributed by atoms with Crippen LogP contribution < -0.4 is 10.6 Å². The van der Waals surface area contributed by atoms with Crippen molar-refractivity contribution in [3.05, 3.63) is 12.2 Å². The molecule has 2 N–H and O–H groups in total. The molecule has 51 heavy (non-hydrogen) atoms. The van der Waals surface area contributed by atoms with Crippen molar-refractivity contribution in [2.24, 2.45) is 5.92 Å². The second kappa shape index (κ2) is 30.0. The van der Waals surface area contributed by atoms with Gasteiger partial charge in [0.25, 0.3) is 0 Å². The molecule has 0 heterocycles. The van der Waals surface area contributed by atoms with Gasteiger partial charge in [0, 0.05) is 38.8 Å². The number of ether oxygens (including phenoxy) is 2. The van der Waals surface area contributed by atoms with Gasteiger partial charge in [-0.1, -0.05) is 89.7 Å². The Morgan fingerprint density at radius 2 is 0.922 bits per heavy atom. The van der Waals surface area contributed by atoms with E-state index >= 15 is 0 Å². The van der Waals surface area contributed by atoms with Crippen molar-refractivity contribution in [1.29, 1.82) is 0 Å². The molecule has 0 bridgehead atoms. The molecule has 0 rings (SSSR count). The Hall–Kier alpha value is -2.46. The number of allylic oxidation sites excluding steroid dienone is 1. The van der Waals surface area contributed by atoms with Gasteiger partial charge in [0.1, 0.15) is 0 Å². The number of nitrogens with one attached hydrogen (secondary N) is 2. The third-order valence-electron chi connectivity index (χ3n) is 9.94. The SMILES string of the molecule is C=C(CCCCCC(=O)NCCC[N+](C)(C)CC(=O)OC)C(CCCCCCCCCC)CCCCCC(=O)NCCC[N+](C)(C)CC(=O)OC. The van der Waals surface area contributed by atoms with Crippen molar-refractivity contribution in [3.63, 3.8) is 0 Å². The van der Waals surface area contributed by atoms with E-state index in [2.05, 4.69) is 24.1 Å². The van der Waals surface area contributed by atoms with Gasteiger partial charge in [-0.2, -0.15) is 0 Å². The van der Waals surface area contributed by atoms with Gasteiger partial charge in [-0.05, 0) is 44.4 Å². The van der Waals surface area contributed by atoms with E-state index in [1.165, 1.54) is 77.6 Å². The third-order valence-corrected chi connectivity index (χ3v) is 9.94. The maximum absolute atomic E-state index is 12.4. The molecule has 0 spiro atoms. The van der Waals surface area contributed by atoms with Crippen molar-refractivity contribution in [2.75, 3.05) is 81.7 Å². The molecule has 298 valence electrons. The predicted molar refractivity (Wildman–Crippen MR) is 209 cm³/mol. The first kappa shape index (κ1) is 48.5. The Bertz CT molecular complexity index is 968. The van der Waals surface area contributed by atoms with Crippen LogP contribution in [0.3, 0.4) is 0 Å². The Balaban J connectivity index is 4.43. The normalized spacial score (nSPS) is 12.3. The van der Waals surface area contributed by atoms with E-state index in [0.29, 0.717) is 53.9 Å². The van der Waals surface area contributed by atoms with Gasteiger partial charge in [-0.3, -0.25) is 9.59 Å². The summed E-state index contributed by atoms with van der Waals surface area (Å²) in [6.45, 7) is 10.3. The number of quaternary nitrogens is 2. The Kier molecular flexibility index (Phi) is 28.6. The Morgan fingerprint density at radius 3 is 1.35 bits per heavy atom. The summed E-state index contributed by atoms with van der Waals surface area (Å²) in [4.78, 5) is 47.9. The second-order valence-electron chi connectivity index (χ2n) is 16.0. The highest BCUT2D eigenvalue weighted by Gasteiger charge is 2.21. The van der Waals surface area contributed by atoms with Gasteiger partial charge in [0.15, 0.2) is 13.1 Å². The summed E-state index contributed by atoms with van der Waals surface area (Å²) < 4.78 is 10.6. The molecule has 1 unspecified atom stereocenters. The lowest BCUT2D eigenvalue weighted by Gasteiger charge is -2.28. The van der Waals surface area contributed by atoms with Crippen LogP contribution in [-0.4, -0.2) is 114 Å². The number of methoxy groups -OCH3 is 2. The number of hydrogen-bond acceptors (Lipinski definition) is 6.